The van der Waals surface area contributed by atoms with Crippen molar-refractivity contribution in [1.29, 1.82) is 0 Å². The molecule has 4 heteroatoms. The van der Waals surface area contributed by atoms with E-state index in [4.69, 9.17) is 9.47 Å². The highest BCUT2D eigenvalue weighted by atomic mass is 16.6. The summed E-state index contributed by atoms with van der Waals surface area (Å²) in [5, 5.41) is 0. The van der Waals surface area contributed by atoms with E-state index >= 15 is 0 Å². The van der Waals surface area contributed by atoms with E-state index < -0.39 is 0 Å². The number of hydrogen-bond donors (Lipinski definition) is 0. The lowest BCUT2D eigenvalue weighted by Crippen LogP contribution is -2.14. The van der Waals surface area contributed by atoms with Crippen molar-refractivity contribution < 1.29 is 19.1 Å². The Morgan fingerprint density at radius 3 is 2.90 bits per heavy atom. The van der Waals surface area contributed by atoms with Crippen molar-refractivity contribution in [2.45, 2.75) is 39.2 Å². The standard InChI is InChI=1S/C17H20O4/c1-9-4-5-12-10(2)6-16-14(7-13(9)12)15(17(19)21-16)8-20-11(3)18/h4,12-13,16H,2,5-8H2,1,3H3/t12-,13-,16-/m0/s1. The molecule has 21 heavy (non-hydrogen) atoms. The maximum Gasteiger partial charge on any atom is 0.338 e. The summed E-state index contributed by atoms with van der Waals surface area (Å²) < 4.78 is 10.5. The fraction of sp³-hybridized carbons (Fsp3) is 0.529. The van der Waals surface area contributed by atoms with E-state index in [0.717, 1.165) is 24.0 Å². The summed E-state index contributed by atoms with van der Waals surface area (Å²) in [6, 6.07) is 0. The van der Waals surface area contributed by atoms with Gasteiger partial charge in [0.25, 0.3) is 0 Å². The molecule has 0 aromatic heterocycles. The molecule has 0 aromatic carbocycles. The average Bonchev–Trinajstić information content (AvgIpc) is 2.86. The van der Waals surface area contributed by atoms with Crippen LogP contribution < -0.4 is 0 Å². The van der Waals surface area contributed by atoms with Crippen LogP contribution in [0.2, 0.25) is 0 Å². The number of allylic oxidation sites excluding steroid dienone is 2. The molecular weight excluding hydrogens is 268 g/mol. The number of hydrogen-bond acceptors (Lipinski definition) is 4. The van der Waals surface area contributed by atoms with Crippen molar-refractivity contribution in [1.82, 2.24) is 0 Å². The molecule has 0 saturated heterocycles. The molecule has 1 aliphatic heterocycles. The molecule has 1 saturated carbocycles. The molecule has 0 aromatic rings. The van der Waals surface area contributed by atoms with E-state index in [1.54, 1.807) is 0 Å². The Morgan fingerprint density at radius 1 is 1.43 bits per heavy atom. The highest BCUT2D eigenvalue weighted by molar-refractivity contribution is 5.93. The fourth-order valence-electron chi connectivity index (χ4n) is 3.67. The highest BCUT2D eigenvalue weighted by Crippen LogP contribution is 2.47. The largest absolute Gasteiger partial charge is 0.461 e. The Labute approximate surface area is 124 Å². The zero-order valence-corrected chi connectivity index (χ0v) is 12.5. The van der Waals surface area contributed by atoms with Crippen LogP contribution >= 0.6 is 0 Å². The topological polar surface area (TPSA) is 52.6 Å². The minimum atomic E-state index is -0.382. The lowest BCUT2D eigenvalue weighted by atomic mass is 9.84. The van der Waals surface area contributed by atoms with Gasteiger partial charge in [-0.25, -0.2) is 4.79 Å². The van der Waals surface area contributed by atoms with Crippen molar-refractivity contribution in [2.24, 2.45) is 11.8 Å². The first-order valence-corrected chi connectivity index (χ1v) is 7.38. The summed E-state index contributed by atoms with van der Waals surface area (Å²) in [5.41, 5.74) is 4.06. The van der Waals surface area contributed by atoms with Gasteiger partial charge in [0.2, 0.25) is 0 Å². The molecular formula is C17H20O4. The molecule has 0 spiro atoms. The maximum absolute atomic E-state index is 12.0. The first-order valence-electron chi connectivity index (χ1n) is 7.38. The third-order valence-corrected chi connectivity index (χ3v) is 4.87. The monoisotopic (exact) mass is 288 g/mol. The van der Waals surface area contributed by atoms with Crippen LogP contribution in [0.1, 0.15) is 33.1 Å². The quantitative estimate of drug-likeness (QED) is 0.579. The molecule has 112 valence electrons. The second-order valence-electron chi connectivity index (χ2n) is 6.14. The molecule has 1 fully saturated rings. The van der Waals surface area contributed by atoms with Crippen molar-refractivity contribution >= 4 is 11.9 Å². The number of fused-ring (bicyclic) bond motifs is 2. The van der Waals surface area contributed by atoms with E-state index in [9.17, 15) is 9.59 Å². The zero-order chi connectivity index (χ0) is 15.1. The molecule has 0 N–H and O–H groups in total. The second-order valence-corrected chi connectivity index (χ2v) is 6.14. The van der Waals surface area contributed by atoms with Gasteiger partial charge in [-0.1, -0.05) is 23.8 Å². The highest BCUT2D eigenvalue weighted by Gasteiger charge is 2.42. The Kier molecular flexibility index (Phi) is 3.47. The van der Waals surface area contributed by atoms with Gasteiger partial charge in [0.1, 0.15) is 12.7 Å². The predicted molar refractivity (Wildman–Crippen MR) is 77.3 cm³/mol. The molecule has 0 bridgehead atoms. The van der Waals surface area contributed by atoms with Gasteiger partial charge in [-0.15, -0.1) is 0 Å². The van der Waals surface area contributed by atoms with Gasteiger partial charge < -0.3 is 9.47 Å². The van der Waals surface area contributed by atoms with Crippen molar-refractivity contribution in [2.75, 3.05) is 6.61 Å². The lowest BCUT2D eigenvalue weighted by Gasteiger charge is -2.20. The first kappa shape index (κ1) is 14.1. The Morgan fingerprint density at radius 2 is 2.19 bits per heavy atom. The van der Waals surface area contributed by atoms with E-state index in [2.05, 4.69) is 19.6 Å². The lowest BCUT2D eigenvalue weighted by molar-refractivity contribution is -0.142. The molecule has 0 radical (unpaired) electrons. The Bertz CT molecular complexity index is 582. The molecule has 2 aliphatic carbocycles. The summed E-state index contributed by atoms with van der Waals surface area (Å²) in [6.45, 7) is 7.71. The summed E-state index contributed by atoms with van der Waals surface area (Å²) in [5.74, 6) is 0.130. The van der Waals surface area contributed by atoms with Gasteiger partial charge in [0, 0.05) is 13.3 Å². The van der Waals surface area contributed by atoms with Crippen LogP contribution in [-0.2, 0) is 19.1 Å². The minimum absolute atomic E-state index is 0.0205. The summed E-state index contributed by atoms with van der Waals surface area (Å²) in [7, 11) is 0. The van der Waals surface area contributed by atoms with E-state index in [-0.39, 0.29) is 24.6 Å². The molecule has 0 amide bonds. The molecule has 3 atom stereocenters. The number of esters is 2. The normalized spacial score (nSPS) is 31.3. The van der Waals surface area contributed by atoms with Gasteiger partial charge in [0.05, 0.1) is 5.57 Å². The third kappa shape index (κ3) is 2.43. The van der Waals surface area contributed by atoms with Crippen LogP contribution in [0.25, 0.3) is 0 Å². The number of carbonyl (C=O) groups is 2. The van der Waals surface area contributed by atoms with Gasteiger partial charge in [-0.3, -0.25) is 4.79 Å². The molecule has 4 nitrogen and oxygen atoms in total. The smallest absolute Gasteiger partial charge is 0.338 e. The van der Waals surface area contributed by atoms with Crippen LogP contribution in [0, 0.1) is 11.8 Å². The molecule has 1 heterocycles. The van der Waals surface area contributed by atoms with Crippen LogP contribution in [0.4, 0.5) is 0 Å². The summed E-state index contributed by atoms with van der Waals surface area (Å²) in [4.78, 5) is 23.0. The molecule has 3 rings (SSSR count). The second kappa shape index (κ2) is 5.17. The zero-order valence-electron chi connectivity index (χ0n) is 12.5. The van der Waals surface area contributed by atoms with Gasteiger partial charge in [-0.2, -0.15) is 0 Å². The van der Waals surface area contributed by atoms with Gasteiger partial charge >= 0.3 is 11.9 Å². The average molecular weight is 288 g/mol. The van der Waals surface area contributed by atoms with Crippen molar-refractivity contribution in [3.8, 4) is 0 Å². The number of ether oxygens (including phenoxy) is 2. The molecule has 0 unspecified atom stereocenters. The van der Waals surface area contributed by atoms with Gasteiger partial charge in [-0.05, 0) is 37.2 Å². The van der Waals surface area contributed by atoms with Crippen molar-refractivity contribution in [3.63, 3.8) is 0 Å². The fourth-order valence-corrected chi connectivity index (χ4v) is 3.67. The third-order valence-electron chi connectivity index (χ3n) is 4.87. The van der Waals surface area contributed by atoms with Crippen LogP contribution in [0.3, 0.4) is 0 Å². The van der Waals surface area contributed by atoms with Crippen LogP contribution in [0.15, 0.2) is 34.9 Å². The molecule has 3 aliphatic rings. The first-order chi connectivity index (χ1) is 9.97. The van der Waals surface area contributed by atoms with Crippen molar-refractivity contribution in [3.05, 3.63) is 34.9 Å². The summed E-state index contributed by atoms with van der Waals surface area (Å²) in [6.07, 6.45) is 4.58. The van der Waals surface area contributed by atoms with E-state index in [1.165, 1.54) is 12.5 Å². The minimum Gasteiger partial charge on any atom is -0.461 e. The Hall–Kier alpha value is -1.84. The Balaban J connectivity index is 1.92. The summed E-state index contributed by atoms with van der Waals surface area (Å²) >= 11 is 0. The van der Waals surface area contributed by atoms with Crippen LogP contribution in [0.5, 0.6) is 0 Å². The van der Waals surface area contributed by atoms with Gasteiger partial charge in [0.15, 0.2) is 0 Å². The number of rotatable bonds is 2. The predicted octanol–water partition coefficient (Wildman–Crippen LogP) is 2.70. The van der Waals surface area contributed by atoms with Crippen LogP contribution in [-0.4, -0.2) is 24.6 Å². The van der Waals surface area contributed by atoms with E-state index in [1.807, 2.05) is 0 Å². The maximum atomic E-state index is 12.0. The SMILES string of the molecule is C=C1C[C@@H]2OC(=O)C(COC(C)=O)=C2C[C@H]2C(C)=CC[C@@H]12. The number of carbonyl (C=O) groups excluding carboxylic acids is 2. The van der Waals surface area contributed by atoms with E-state index in [0.29, 0.717) is 23.8 Å².